The van der Waals surface area contributed by atoms with E-state index >= 15 is 0 Å². The van der Waals surface area contributed by atoms with Gasteiger partial charge in [-0.25, -0.2) is 8.78 Å². The highest BCUT2D eigenvalue weighted by atomic mass is 79.9. The van der Waals surface area contributed by atoms with Gasteiger partial charge in [0.1, 0.15) is 0 Å². The molecule has 0 aliphatic rings. The van der Waals surface area contributed by atoms with Gasteiger partial charge in [0.05, 0.1) is 4.47 Å². The Labute approximate surface area is 128 Å². The highest BCUT2D eigenvalue weighted by Crippen LogP contribution is 2.26. The molecule has 0 spiro atoms. The zero-order valence-corrected chi connectivity index (χ0v) is 12.3. The molecule has 1 nitrogen and oxygen atoms in total. The number of hydrogen-bond donors (Lipinski definition) is 0. The Balaban J connectivity index is 2.10. The summed E-state index contributed by atoms with van der Waals surface area (Å²) < 4.78 is 26.5. The lowest BCUT2D eigenvalue weighted by atomic mass is 10.00. The fraction of sp³-hybridized carbons (Fsp3) is 0. The predicted octanol–water partition coefficient (Wildman–Crippen LogP) is 5.11. The maximum atomic E-state index is 13.5. The average Bonchev–Trinajstić information content (AvgIpc) is 2.52. The van der Waals surface area contributed by atoms with Crippen molar-refractivity contribution < 1.29 is 13.6 Å². The minimum Gasteiger partial charge on any atom is -0.289 e. The summed E-state index contributed by atoms with van der Waals surface area (Å²) in [5.74, 6) is -2.40. The average molecular weight is 347 g/mol. The van der Waals surface area contributed by atoms with Gasteiger partial charge in [-0.15, -0.1) is 0 Å². The van der Waals surface area contributed by atoms with Crippen LogP contribution in [0, 0.1) is 11.6 Å². The van der Waals surface area contributed by atoms with Crippen LogP contribution in [0.15, 0.2) is 59.1 Å². The summed E-state index contributed by atoms with van der Waals surface area (Å²) in [6, 6.07) is 15.1. The fourth-order valence-corrected chi connectivity index (χ4v) is 2.69. The van der Waals surface area contributed by atoms with Gasteiger partial charge in [0.2, 0.25) is 0 Å². The van der Waals surface area contributed by atoms with E-state index in [1.54, 1.807) is 12.1 Å². The number of halogens is 3. The summed E-state index contributed by atoms with van der Waals surface area (Å²) in [7, 11) is 0. The molecule has 0 fully saturated rings. The maximum absolute atomic E-state index is 13.5. The van der Waals surface area contributed by atoms with Crippen LogP contribution in [0.4, 0.5) is 8.78 Å². The van der Waals surface area contributed by atoms with Crippen molar-refractivity contribution in [3.8, 4) is 0 Å². The van der Waals surface area contributed by atoms with Crippen LogP contribution in [0.1, 0.15) is 15.9 Å². The molecule has 0 unspecified atom stereocenters. The third-order valence-corrected chi connectivity index (χ3v) is 4.07. The second-order valence-electron chi connectivity index (χ2n) is 4.61. The summed E-state index contributed by atoms with van der Waals surface area (Å²) in [4.78, 5) is 12.5. The van der Waals surface area contributed by atoms with Gasteiger partial charge in [-0.2, -0.15) is 0 Å². The van der Waals surface area contributed by atoms with Crippen LogP contribution >= 0.6 is 15.9 Å². The number of carbonyl (C=O) groups is 1. The largest absolute Gasteiger partial charge is 0.289 e. The first-order chi connectivity index (χ1) is 10.1. The predicted molar refractivity (Wildman–Crippen MR) is 81.4 cm³/mol. The smallest absolute Gasteiger partial charge is 0.194 e. The van der Waals surface area contributed by atoms with Crippen molar-refractivity contribution >= 4 is 32.5 Å². The quantitative estimate of drug-likeness (QED) is 0.465. The van der Waals surface area contributed by atoms with Crippen LogP contribution in [0.2, 0.25) is 0 Å². The topological polar surface area (TPSA) is 17.1 Å². The highest BCUT2D eigenvalue weighted by molar-refractivity contribution is 9.10. The van der Waals surface area contributed by atoms with Gasteiger partial charge in [0, 0.05) is 11.1 Å². The van der Waals surface area contributed by atoms with Crippen LogP contribution < -0.4 is 0 Å². The molecule has 0 atom stereocenters. The van der Waals surface area contributed by atoms with Crippen molar-refractivity contribution in [2.45, 2.75) is 0 Å². The lowest BCUT2D eigenvalue weighted by Gasteiger charge is -2.06. The number of ketones is 1. The van der Waals surface area contributed by atoms with Crippen molar-refractivity contribution in [2.24, 2.45) is 0 Å². The van der Waals surface area contributed by atoms with Crippen LogP contribution in [0.3, 0.4) is 0 Å². The standard InChI is InChI=1S/C17H9BrF2O/c18-15-13(7-8-14(19)16(15)20)17(21)12-6-5-10-3-1-2-4-11(10)9-12/h1-9H. The van der Waals surface area contributed by atoms with E-state index in [-0.39, 0.29) is 15.8 Å². The highest BCUT2D eigenvalue weighted by Gasteiger charge is 2.18. The van der Waals surface area contributed by atoms with Gasteiger partial charge in [0.25, 0.3) is 0 Å². The second-order valence-corrected chi connectivity index (χ2v) is 5.41. The van der Waals surface area contributed by atoms with Gasteiger partial charge in [-0.05, 0) is 44.9 Å². The summed E-state index contributed by atoms with van der Waals surface area (Å²) >= 11 is 2.94. The number of carbonyl (C=O) groups excluding carboxylic acids is 1. The summed E-state index contributed by atoms with van der Waals surface area (Å²) in [6.45, 7) is 0. The molecule has 0 aromatic heterocycles. The number of fused-ring (bicyclic) bond motifs is 1. The molecule has 4 heteroatoms. The Hall–Kier alpha value is -2.07. The first-order valence-corrected chi connectivity index (χ1v) is 7.04. The number of benzene rings is 3. The molecule has 0 heterocycles. The Kier molecular flexibility index (Phi) is 3.55. The summed E-state index contributed by atoms with van der Waals surface area (Å²) in [5, 5.41) is 1.93. The third-order valence-electron chi connectivity index (χ3n) is 3.29. The molecule has 21 heavy (non-hydrogen) atoms. The van der Waals surface area contributed by atoms with E-state index in [1.165, 1.54) is 6.07 Å². The summed E-state index contributed by atoms with van der Waals surface area (Å²) in [5.41, 5.74) is 0.532. The molecule has 0 saturated heterocycles. The molecule has 3 aromatic rings. The van der Waals surface area contributed by atoms with Crippen molar-refractivity contribution in [3.63, 3.8) is 0 Å². The van der Waals surface area contributed by atoms with E-state index in [1.807, 2.05) is 30.3 Å². The van der Waals surface area contributed by atoms with Gasteiger partial charge >= 0.3 is 0 Å². The van der Waals surface area contributed by atoms with Crippen molar-refractivity contribution in [1.29, 1.82) is 0 Å². The van der Waals surface area contributed by atoms with Gasteiger partial charge in [-0.1, -0.05) is 36.4 Å². The second kappa shape index (κ2) is 5.37. The van der Waals surface area contributed by atoms with E-state index in [9.17, 15) is 13.6 Å². The Bertz CT molecular complexity index is 859. The molecule has 0 N–H and O–H groups in total. The van der Waals surface area contributed by atoms with E-state index in [4.69, 9.17) is 0 Å². The van der Waals surface area contributed by atoms with Gasteiger partial charge < -0.3 is 0 Å². The molecule has 0 amide bonds. The monoisotopic (exact) mass is 346 g/mol. The number of hydrogen-bond acceptors (Lipinski definition) is 1. The number of rotatable bonds is 2. The molecule has 0 radical (unpaired) electrons. The molecule has 0 bridgehead atoms. The molecule has 3 aromatic carbocycles. The summed E-state index contributed by atoms with van der Waals surface area (Å²) in [6.07, 6.45) is 0. The van der Waals surface area contributed by atoms with Crippen molar-refractivity contribution in [2.75, 3.05) is 0 Å². The minimum absolute atomic E-state index is 0.101. The first kappa shape index (κ1) is 13.9. The van der Waals surface area contributed by atoms with E-state index in [0.29, 0.717) is 5.56 Å². The minimum atomic E-state index is -1.05. The third kappa shape index (κ3) is 2.47. The normalized spacial score (nSPS) is 10.8. The molecule has 0 aliphatic carbocycles. The molecule has 104 valence electrons. The lowest BCUT2D eigenvalue weighted by molar-refractivity contribution is 0.103. The van der Waals surface area contributed by atoms with Gasteiger partial charge in [0.15, 0.2) is 17.4 Å². The van der Waals surface area contributed by atoms with Crippen LogP contribution in [0.25, 0.3) is 10.8 Å². The zero-order valence-electron chi connectivity index (χ0n) is 10.7. The SMILES string of the molecule is O=C(c1ccc2ccccc2c1)c1ccc(F)c(F)c1Br. The zero-order chi connectivity index (χ0) is 15.0. The van der Waals surface area contributed by atoms with Crippen LogP contribution in [-0.2, 0) is 0 Å². The molecular formula is C17H9BrF2O. The first-order valence-electron chi connectivity index (χ1n) is 6.25. The van der Waals surface area contributed by atoms with Crippen LogP contribution in [0.5, 0.6) is 0 Å². The van der Waals surface area contributed by atoms with Gasteiger partial charge in [-0.3, -0.25) is 4.79 Å². The molecule has 0 aliphatic heterocycles. The molecular weight excluding hydrogens is 338 g/mol. The van der Waals surface area contributed by atoms with E-state index < -0.39 is 11.6 Å². The van der Waals surface area contributed by atoms with E-state index in [0.717, 1.165) is 16.8 Å². The van der Waals surface area contributed by atoms with Crippen LogP contribution in [-0.4, -0.2) is 5.78 Å². The van der Waals surface area contributed by atoms with Crippen molar-refractivity contribution in [1.82, 2.24) is 0 Å². The maximum Gasteiger partial charge on any atom is 0.194 e. The lowest BCUT2D eigenvalue weighted by Crippen LogP contribution is -2.04. The fourth-order valence-electron chi connectivity index (χ4n) is 2.19. The molecule has 3 rings (SSSR count). The Morgan fingerprint density at radius 3 is 2.38 bits per heavy atom. The Morgan fingerprint density at radius 2 is 1.62 bits per heavy atom. The van der Waals surface area contributed by atoms with Crippen molar-refractivity contribution in [3.05, 3.63) is 81.8 Å². The molecule has 0 saturated carbocycles. The van der Waals surface area contributed by atoms with E-state index in [2.05, 4.69) is 15.9 Å². The Morgan fingerprint density at radius 1 is 0.905 bits per heavy atom.